The molecule has 0 rings (SSSR count). The molecule has 0 atom stereocenters. The maximum absolute atomic E-state index is 9.75. The van der Waals surface area contributed by atoms with E-state index in [2.05, 4.69) is 21.1 Å². The molecule has 0 aromatic heterocycles. The van der Waals surface area contributed by atoms with Crippen LogP contribution in [0.3, 0.4) is 0 Å². The topological polar surface area (TPSA) is 56.7 Å². The zero-order valence-electron chi connectivity index (χ0n) is 10.5. The van der Waals surface area contributed by atoms with E-state index in [1.807, 2.05) is 0 Å². The van der Waals surface area contributed by atoms with Gasteiger partial charge in [0.05, 0.1) is 27.7 Å². The normalized spacial score (nSPS) is 11.3. The number of halogens is 8. The van der Waals surface area contributed by atoms with Crippen LogP contribution in [0, 0.1) is 0 Å². The molecule has 0 radical (unpaired) electrons. The maximum atomic E-state index is 9.75. The fraction of sp³-hybridized carbons (Fsp3) is 1.00. The van der Waals surface area contributed by atoms with Crippen molar-refractivity contribution in [1.29, 1.82) is 0 Å². The van der Waals surface area contributed by atoms with Crippen molar-refractivity contribution in [3.63, 3.8) is 0 Å². The summed E-state index contributed by atoms with van der Waals surface area (Å²) in [5.74, 6) is 0. The van der Waals surface area contributed by atoms with E-state index in [9.17, 15) is 34.5 Å². The zero-order valence-corrected chi connectivity index (χ0v) is 10.5. The maximum Gasteiger partial charge on any atom is 0.673 e. The van der Waals surface area contributed by atoms with E-state index in [-0.39, 0.29) is 12.8 Å². The molecule has 5 N–H and O–H groups in total. The van der Waals surface area contributed by atoms with Crippen LogP contribution in [0.4, 0.5) is 34.5 Å². The van der Waals surface area contributed by atoms with Crippen molar-refractivity contribution >= 4 is 14.5 Å². The predicted molar refractivity (Wildman–Crippen MR) is 56.3 cm³/mol. The number of aliphatic hydroxyl groups is 1. The Labute approximate surface area is 100 Å². The van der Waals surface area contributed by atoms with Crippen LogP contribution in [-0.2, 0) is 0 Å². The van der Waals surface area contributed by atoms with Gasteiger partial charge in [-0.25, -0.2) is 0 Å². The molecule has 0 spiro atoms. The van der Waals surface area contributed by atoms with Gasteiger partial charge in [0.15, 0.2) is 0 Å². The van der Waals surface area contributed by atoms with E-state index in [1.54, 1.807) is 0 Å². The highest BCUT2D eigenvalue weighted by Crippen LogP contribution is 2.07. The summed E-state index contributed by atoms with van der Waals surface area (Å²) in [7, 11) is -5.84. The fourth-order valence-electron chi connectivity index (χ4n) is 0.300. The number of quaternary nitrogens is 2. The van der Waals surface area contributed by atoms with E-state index in [0.29, 0.717) is 0 Å². The Bertz CT molecular complexity index is 156. The van der Waals surface area contributed by atoms with Crippen molar-refractivity contribution in [3.05, 3.63) is 0 Å². The molecule has 0 saturated heterocycles. The number of hydrogen-bond donors (Lipinski definition) is 2. The summed E-state index contributed by atoms with van der Waals surface area (Å²) in [6.45, 7) is 1.11. The number of hydrogen-bond acceptors (Lipinski definition) is 1. The second-order valence-corrected chi connectivity index (χ2v) is 3.73. The van der Waals surface area contributed by atoms with Crippen LogP contribution in [0.2, 0.25) is 0 Å². The second kappa shape index (κ2) is 10.4. The van der Waals surface area contributed by atoms with Gasteiger partial charge in [-0.1, -0.05) is 0 Å². The minimum Gasteiger partial charge on any atom is -0.418 e. The third kappa shape index (κ3) is 271. The van der Waals surface area contributed by atoms with Gasteiger partial charge in [-0.05, 0) is 0 Å². The molecule has 0 aromatic rings. The van der Waals surface area contributed by atoms with Crippen LogP contribution in [-0.4, -0.2) is 58.4 Å². The lowest BCUT2D eigenvalue weighted by Crippen LogP contribution is -2.36. The lowest BCUT2D eigenvalue weighted by atomic mass is 10.3. The summed E-state index contributed by atoms with van der Waals surface area (Å²) in [5, 5.41) is 8.39. The molecule has 0 fully saturated rings. The van der Waals surface area contributed by atoms with E-state index < -0.39 is 14.5 Å². The third-order valence-corrected chi connectivity index (χ3v) is 0.771. The standard InChI is InChI=1S/C5H14NO.2BF4.H3N/c1-6(2,3)4-5-7;2*2-1(3,4)5;/h7H,4-5H2,1-3H3;;;1H3/q+1;2*-1;/p+1. The van der Waals surface area contributed by atoms with Gasteiger partial charge in [-0.3, -0.25) is 0 Å². The van der Waals surface area contributed by atoms with Crippen LogP contribution in [0.15, 0.2) is 0 Å². The number of likely N-dealkylation sites (N-methyl/N-ethyl adjacent to an activating group) is 1. The monoisotopic (exact) mass is 296 g/mol. The smallest absolute Gasteiger partial charge is 0.418 e. The molecule has 0 amide bonds. The van der Waals surface area contributed by atoms with Crippen LogP contribution >= 0.6 is 0 Å². The molecule has 0 unspecified atom stereocenters. The van der Waals surface area contributed by atoms with E-state index >= 15 is 0 Å². The summed E-state index contributed by atoms with van der Waals surface area (Å²) >= 11 is 0. The molecule has 0 heterocycles. The first kappa shape index (κ1) is 26.1. The Morgan fingerprint density at radius 2 is 0.944 bits per heavy atom. The highest BCUT2D eigenvalue weighted by Gasteiger charge is 2.21. The summed E-state index contributed by atoms with van der Waals surface area (Å²) in [6, 6.07) is 0. The molecule has 0 aliphatic heterocycles. The van der Waals surface area contributed by atoms with Crippen LogP contribution in [0.5, 0.6) is 0 Å². The van der Waals surface area contributed by atoms with Gasteiger partial charge in [-0.15, -0.1) is 0 Å². The Kier molecular flexibility index (Phi) is 15.1. The van der Waals surface area contributed by atoms with Crippen molar-refractivity contribution in [2.24, 2.45) is 0 Å². The third-order valence-electron chi connectivity index (χ3n) is 0.771. The average molecular weight is 296 g/mol. The SMILES string of the molecule is C[N+](C)(C)CCO.F[B-](F)(F)F.F[B-](F)(F)F.[NH4+]. The molecule has 0 bridgehead atoms. The van der Waals surface area contributed by atoms with Crippen molar-refractivity contribution < 1.29 is 44.1 Å². The average Bonchev–Trinajstić information content (AvgIpc) is 1.73. The van der Waals surface area contributed by atoms with E-state index in [4.69, 9.17) is 5.11 Å². The number of rotatable bonds is 2. The minimum absolute atomic E-state index is 0. The Hall–Kier alpha value is -0.550. The first-order valence-electron chi connectivity index (χ1n) is 4.22. The van der Waals surface area contributed by atoms with Crippen molar-refractivity contribution in [2.45, 2.75) is 0 Å². The summed E-state index contributed by atoms with van der Waals surface area (Å²) < 4.78 is 78.8. The molecule has 3 nitrogen and oxygen atoms in total. The quantitative estimate of drug-likeness (QED) is 0.459. The molecule has 0 aromatic carbocycles. The molecule has 116 valence electrons. The lowest BCUT2D eigenvalue weighted by molar-refractivity contribution is -0.870. The van der Waals surface area contributed by atoms with Gasteiger partial charge in [0.25, 0.3) is 0 Å². The van der Waals surface area contributed by atoms with E-state index in [1.165, 1.54) is 0 Å². The number of nitrogens with zero attached hydrogens (tertiary/aromatic N) is 1. The molecule has 0 saturated carbocycles. The highest BCUT2D eigenvalue weighted by molar-refractivity contribution is 6.50. The molecular weight excluding hydrogens is 278 g/mol. The van der Waals surface area contributed by atoms with Crippen LogP contribution in [0.1, 0.15) is 0 Å². The molecule has 13 heteroatoms. The predicted octanol–water partition coefficient (Wildman–Crippen LogP) is 2.66. The van der Waals surface area contributed by atoms with Crippen molar-refractivity contribution in [1.82, 2.24) is 6.15 Å². The summed E-state index contributed by atoms with van der Waals surface area (Å²) in [5.41, 5.74) is 0. The van der Waals surface area contributed by atoms with Gasteiger partial charge in [-0.2, -0.15) is 0 Å². The van der Waals surface area contributed by atoms with Gasteiger partial charge >= 0.3 is 14.5 Å². The van der Waals surface area contributed by atoms with Crippen LogP contribution < -0.4 is 6.15 Å². The molecular formula is C5H18B2F8N2O. The lowest BCUT2D eigenvalue weighted by Gasteiger charge is -2.21. The van der Waals surface area contributed by atoms with E-state index in [0.717, 1.165) is 11.0 Å². The summed E-state index contributed by atoms with van der Waals surface area (Å²) in [6.07, 6.45) is 0. The number of aliphatic hydroxyl groups excluding tert-OH is 1. The first-order chi connectivity index (χ1) is 7.06. The zero-order chi connectivity index (χ0) is 14.9. The fourth-order valence-corrected chi connectivity index (χ4v) is 0.300. The van der Waals surface area contributed by atoms with Gasteiger partial charge in [0, 0.05) is 0 Å². The van der Waals surface area contributed by atoms with Gasteiger partial charge in [0.2, 0.25) is 0 Å². The van der Waals surface area contributed by atoms with Crippen molar-refractivity contribution in [2.75, 3.05) is 34.3 Å². The van der Waals surface area contributed by atoms with Crippen LogP contribution in [0.25, 0.3) is 0 Å². The highest BCUT2D eigenvalue weighted by atomic mass is 19.5. The molecule has 0 aliphatic rings. The summed E-state index contributed by atoms with van der Waals surface area (Å²) in [4.78, 5) is 0. The van der Waals surface area contributed by atoms with Gasteiger partial charge < -0.3 is 50.3 Å². The molecule has 18 heavy (non-hydrogen) atoms. The minimum atomic E-state index is -6.00. The van der Waals surface area contributed by atoms with Crippen molar-refractivity contribution in [3.8, 4) is 0 Å². The second-order valence-electron chi connectivity index (χ2n) is 3.73. The largest absolute Gasteiger partial charge is 0.673 e. The Morgan fingerprint density at radius 1 is 0.778 bits per heavy atom. The Morgan fingerprint density at radius 3 is 0.944 bits per heavy atom. The molecule has 0 aliphatic carbocycles. The Balaban J connectivity index is -0.0000000813. The van der Waals surface area contributed by atoms with Gasteiger partial charge in [0.1, 0.15) is 6.54 Å². The first-order valence-corrected chi connectivity index (χ1v) is 4.22.